The van der Waals surface area contributed by atoms with Crippen LogP contribution in [0.2, 0.25) is 30.8 Å². The van der Waals surface area contributed by atoms with E-state index in [1.54, 1.807) is 10.8 Å². The highest BCUT2D eigenvalue weighted by Gasteiger charge is 2.15. The average molecular weight is 329 g/mol. The number of carbonyl (C=O) groups excluding carboxylic acids is 1. The molecule has 0 amide bonds. The second kappa shape index (κ2) is 6.25. The van der Waals surface area contributed by atoms with Gasteiger partial charge in [-0.1, -0.05) is 31.2 Å². The Morgan fingerprint density at radius 3 is 2.81 bits per heavy atom. The maximum Gasteiger partial charge on any atom is 0.165 e. The van der Waals surface area contributed by atoms with Crippen LogP contribution in [0, 0.1) is 5.82 Å². The van der Waals surface area contributed by atoms with E-state index in [4.69, 9.17) is 16.3 Å². The fourth-order valence-electron chi connectivity index (χ4n) is 1.92. The number of halogens is 2. The van der Waals surface area contributed by atoms with Gasteiger partial charge < -0.3 is 9.30 Å². The number of hydrogen-bond acceptors (Lipinski definition) is 3. The minimum absolute atomic E-state index is 0.233. The molecule has 7 heteroatoms. The molecule has 0 aliphatic carbocycles. The summed E-state index contributed by atoms with van der Waals surface area (Å²) < 4.78 is 20.9. The first-order valence-electron chi connectivity index (χ1n) is 6.69. The van der Waals surface area contributed by atoms with E-state index >= 15 is 0 Å². The summed E-state index contributed by atoms with van der Waals surface area (Å²) in [6, 6.07) is 2.32. The Hall–Kier alpha value is -1.24. The van der Waals surface area contributed by atoms with Crippen LogP contribution in [-0.4, -0.2) is 30.5 Å². The SMILES string of the molecule is C[Si](C)(C)CCOCn1cc(C=O)c2nc(Cl)c(F)cc21. The van der Waals surface area contributed by atoms with Crippen molar-refractivity contribution in [2.75, 3.05) is 6.61 Å². The molecule has 2 heterocycles. The van der Waals surface area contributed by atoms with Crippen molar-refractivity contribution in [3.63, 3.8) is 0 Å². The van der Waals surface area contributed by atoms with E-state index in [0.717, 1.165) is 6.04 Å². The second-order valence-electron chi connectivity index (χ2n) is 6.15. The molecule has 0 saturated carbocycles. The van der Waals surface area contributed by atoms with E-state index in [2.05, 4.69) is 24.6 Å². The van der Waals surface area contributed by atoms with Crippen LogP contribution in [0.25, 0.3) is 11.0 Å². The van der Waals surface area contributed by atoms with Gasteiger partial charge in [0.1, 0.15) is 12.2 Å². The Morgan fingerprint density at radius 2 is 2.19 bits per heavy atom. The van der Waals surface area contributed by atoms with Crippen LogP contribution < -0.4 is 0 Å². The van der Waals surface area contributed by atoms with Crippen LogP contribution in [0.4, 0.5) is 4.39 Å². The van der Waals surface area contributed by atoms with Crippen LogP contribution in [0.5, 0.6) is 0 Å². The number of pyridine rings is 1. The van der Waals surface area contributed by atoms with Crippen LogP contribution >= 0.6 is 11.6 Å². The van der Waals surface area contributed by atoms with E-state index < -0.39 is 13.9 Å². The third kappa shape index (κ3) is 3.90. The predicted molar refractivity (Wildman–Crippen MR) is 84.2 cm³/mol. The lowest BCUT2D eigenvalue weighted by molar-refractivity contribution is 0.0900. The van der Waals surface area contributed by atoms with Gasteiger partial charge in [-0.2, -0.15) is 0 Å². The summed E-state index contributed by atoms with van der Waals surface area (Å²) in [6.45, 7) is 7.72. The van der Waals surface area contributed by atoms with Crippen molar-refractivity contribution in [3.8, 4) is 0 Å². The van der Waals surface area contributed by atoms with Gasteiger partial charge in [-0.25, -0.2) is 9.37 Å². The zero-order valence-electron chi connectivity index (χ0n) is 12.3. The summed E-state index contributed by atoms with van der Waals surface area (Å²) in [4.78, 5) is 15.0. The van der Waals surface area contributed by atoms with Crippen molar-refractivity contribution in [2.45, 2.75) is 32.4 Å². The number of fused-ring (bicyclic) bond motifs is 1. The van der Waals surface area contributed by atoms with Gasteiger partial charge in [0.2, 0.25) is 0 Å². The van der Waals surface area contributed by atoms with Gasteiger partial charge in [-0.3, -0.25) is 4.79 Å². The van der Waals surface area contributed by atoms with Gasteiger partial charge >= 0.3 is 0 Å². The zero-order valence-corrected chi connectivity index (χ0v) is 14.1. The summed E-state index contributed by atoms with van der Waals surface area (Å²) in [7, 11) is -1.15. The largest absolute Gasteiger partial charge is 0.361 e. The first-order valence-corrected chi connectivity index (χ1v) is 10.8. The Bertz CT molecular complexity index is 667. The molecule has 2 rings (SSSR count). The number of rotatable bonds is 6. The maximum absolute atomic E-state index is 13.6. The van der Waals surface area contributed by atoms with Gasteiger partial charge in [0.25, 0.3) is 0 Å². The molecule has 0 atom stereocenters. The first kappa shape index (κ1) is 16.1. The molecule has 0 saturated heterocycles. The Kier molecular flexibility index (Phi) is 4.80. The summed E-state index contributed by atoms with van der Waals surface area (Å²) in [6.07, 6.45) is 2.29. The number of carbonyl (C=O) groups is 1. The Balaban J connectivity index is 2.20. The lowest BCUT2D eigenvalue weighted by Gasteiger charge is -2.15. The zero-order chi connectivity index (χ0) is 15.6. The fourth-order valence-corrected chi connectivity index (χ4v) is 2.82. The van der Waals surface area contributed by atoms with Crippen LogP contribution in [-0.2, 0) is 11.5 Å². The third-order valence-corrected chi connectivity index (χ3v) is 5.11. The van der Waals surface area contributed by atoms with Crippen LogP contribution in [0.3, 0.4) is 0 Å². The van der Waals surface area contributed by atoms with Crippen molar-refractivity contribution in [3.05, 3.63) is 28.8 Å². The van der Waals surface area contributed by atoms with Crippen molar-refractivity contribution >= 4 is 37.0 Å². The van der Waals surface area contributed by atoms with Gasteiger partial charge in [0.15, 0.2) is 17.3 Å². The van der Waals surface area contributed by atoms with Gasteiger partial charge in [-0.05, 0) is 6.04 Å². The van der Waals surface area contributed by atoms with Crippen molar-refractivity contribution in [1.29, 1.82) is 0 Å². The van der Waals surface area contributed by atoms with E-state index in [1.165, 1.54) is 6.07 Å². The first-order chi connectivity index (χ1) is 9.81. The lowest BCUT2D eigenvalue weighted by Crippen LogP contribution is -2.21. The highest BCUT2D eigenvalue weighted by Crippen LogP contribution is 2.23. The number of aromatic nitrogens is 2. The molecule has 4 nitrogen and oxygen atoms in total. The summed E-state index contributed by atoms with van der Waals surface area (Å²) in [5, 5.41) is -0.233. The molecule has 21 heavy (non-hydrogen) atoms. The lowest BCUT2D eigenvalue weighted by atomic mass is 10.3. The van der Waals surface area contributed by atoms with Crippen LogP contribution in [0.15, 0.2) is 12.3 Å². The Labute approximate surface area is 128 Å². The highest BCUT2D eigenvalue weighted by atomic mass is 35.5. The molecule has 0 aliphatic rings. The second-order valence-corrected chi connectivity index (χ2v) is 12.1. The summed E-state index contributed by atoms with van der Waals surface area (Å²) in [5.74, 6) is -0.608. The molecule has 0 spiro atoms. The van der Waals surface area contributed by atoms with E-state index in [-0.39, 0.29) is 11.9 Å². The molecular formula is C14H18ClFN2O2Si. The molecule has 0 unspecified atom stereocenters. The molecule has 0 radical (unpaired) electrons. The normalized spacial score (nSPS) is 12.0. The smallest absolute Gasteiger partial charge is 0.165 e. The number of hydrogen-bond donors (Lipinski definition) is 0. The summed E-state index contributed by atoms with van der Waals surface area (Å²) >= 11 is 5.66. The predicted octanol–water partition coefficient (Wildman–Crippen LogP) is 3.95. The molecule has 0 aromatic carbocycles. The average Bonchev–Trinajstić information content (AvgIpc) is 2.72. The highest BCUT2D eigenvalue weighted by molar-refractivity contribution is 6.76. The number of ether oxygens (including phenoxy) is 1. The molecule has 0 fully saturated rings. The minimum atomic E-state index is -1.15. The summed E-state index contributed by atoms with van der Waals surface area (Å²) in [5.41, 5.74) is 1.28. The number of aldehydes is 1. The fraction of sp³-hybridized carbons (Fsp3) is 0.429. The maximum atomic E-state index is 13.6. The monoisotopic (exact) mass is 328 g/mol. The molecule has 0 bridgehead atoms. The van der Waals surface area contributed by atoms with Crippen molar-refractivity contribution in [2.24, 2.45) is 0 Å². The van der Waals surface area contributed by atoms with Crippen molar-refractivity contribution in [1.82, 2.24) is 9.55 Å². The molecule has 114 valence electrons. The molecule has 2 aromatic rings. The van der Waals surface area contributed by atoms with Crippen LogP contribution in [0.1, 0.15) is 10.4 Å². The van der Waals surface area contributed by atoms with Gasteiger partial charge in [-0.15, -0.1) is 0 Å². The van der Waals surface area contributed by atoms with Gasteiger partial charge in [0, 0.05) is 26.9 Å². The van der Waals surface area contributed by atoms with Gasteiger partial charge in [0.05, 0.1) is 11.1 Å². The third-order valence-electron chi connectivity index (χ3n) is 3.14. The molecule has 0 aliphatic heterocycles. The van der Waals surface area contributed by atoms with E-state index in [9.17, 15) is 9.18 Å². The molecule has 0 N–H and O–H groups in total. The molecule has 2 aromatic heterocycles. The van der Waals surface area contributed by atoms with Crippen molar-refractivity contribution < 1.29 is 13.9 Å². The quantitative estimate of drug-likeness (QED) is 0.349. The van der Waals surface area contributed by atoms with E-state index in [1.807, 2.05) is 0 Å². The standard InChI is InChI=1S/C14H18ClFN2O2Si/c1-21(2,3)5-4-20-9-18-7-10(8-19)13-12(18)6-11(16)14(15)17-13/h6-8H,4-5,9H2,1-3H3. The Morgan fingerprint density at radius 1 is 1.48 bits per heavy atom. The number of nitrogens with zero attached hydrogens (tertiary/aromatic N) is 2. The topological polar surface area (TPSA) is 44.1 Å². The van der Waals surface area contributed by atoms with E-state index in [0.29, 0.717) is 29.5 Å². The molecular weight excluding hydrogens is 311 g/mol. The minimum Gasteiger partial charge on any atom is -0.361 e.